The predicted molar refractivity (Wildman–Crippen MR) is 83.3 cm³/mol. The number of carbonyl (C=O) groups is 1. The number of nitrogen functional groups attached to an aromatic ring is 1. The van der Waals surface area contributed by atoms with Gasteiger partial charge in [-0.05, 0) is 42.8 Å². The Labute approximate surface area is 123 Å². The first-order valence-electron chi connectivity index (χ1n) is 6.53. The number of nitrogens with zero attached hydrogens (tertiary/aromatic N) is 1. The molecule has 0 aromatic heterocycles. The molecule has 5 heteroatoms. The van der Waals surface area contributed by atoms with Crippen molar-refractivity contribution in [1.29, 1.82) is 0 Å². The summed E-state index contributed by atoms with van der Waals surface area (Å²) < 4.78 is 13.6. The molecule has 21 heavy (non-hydrogen) atoms. The van der Waals surface area contributed by atoms with Crippen molar-refractivity contribution < 1.29 is 9.18 Å². The molecule has 0 atom stereocenters. The fourth-order valence-electron chi connectivity index (χ4n) is 1.88. The largest absolute Gasteiger partial charge is 0.397 e. The van der Waals surface area contributed by atoms with Crippen molar-refractivity contribution in [2.45, 2.75) is 6.92 Å². The monoisotopic (exact) mass is 287 g/mol. The van der Waals surface area contributed by atoms with Crippen LogP contribution in [0, 0.1) is 12.7 Å². The molecule has 0 unspecified atom stereocenters. The van der Waals surface area contributed by atoms with Crippen molar-refractivity contribution in [1.82, 2.24) is 4.90 Å². The Morgan fingerprint density at radius 1 is 1.19 bits per heavy atom. The summed E-state index contributed by atoms with van der Waals surface area (Å²) in [5, 5.41) is 3.04. The Bertz CT molecular complexity index is 683. The Balaban J connectivity index is 2.32. The van der Waals surface area contributed by atoms with Crippen molar-refractivity contribution in [3.63, 3.8) is 0 Å². The molecule has 2 aromatic carbocycles. The average molecular weight is 287 g/mol. The van der Waals surface area contributed by atoms with Crippen LogP contribution in [0.15, 0.2) is 36.4 Å². The maximum absolute atomic E-state index is 13.6. The second-order valence-electron chi connectivity index (χ2n) is 5.09. The molecule has 3 N–H and O–H groups in total. The molecule has 0 saturated heterocycles. The summed E-state index contributed by atoms with van der Waals surface area (Å²) in [6, 6.07) is 9.83. The Kier molecular flexibility index (Phi) is 4.12. The number of nitrogens with one attached hydrogen (secondary N) is 1. The highest BCUT2D eigenvalue weighted by Gasteiger charge is 2.10. The van der Waals surface area contributed by atoms with Gasteiger partial charge in [0.05, 0.1) is 11.4 Å². The smallest absolute Gasteiger partial charge is 0.253 e. The number of benzene rings is 2. The summed E-state index contributed by atoms with van der Waals surface area (Å²) in [6.07, 6.45) is 0. The van der Waals surface area contributed by atoms with E-state index in [1.54, 1.807) is 51.4 Å². The van der Waals surface area contributed by atoms with E-state index in [0.29, 0.717) is 28.2 Å². The third-order valence-corrected chi connectivity index (χ3v) is 3.16. The van der Waals surface area contributed by atoms with Crippen molar-refractivity contribution in [2.75, 3.05) is 25.1 Å². The van der Waals surface area contributed by atoms with Gasteiger partial charge in [-0.1, -0.05) is 6.07 Å². The first-order valence-corrected chi connectivity index (χ1v) is 6.53. The predicted octanol–water partition coefficient (Wildman–Crippen LogP) is 3.16. The Morgan fingerprint density at radius 3 is 2.52 bits per heavy atom. The maximum Gasteiger partial charge on any atom is 0.253 e. The van der Waals surface area contributed by atoms with Gasteiger partial charge in [0.15, 0.2) is 0 Å². The van der Waals surface area contributed by atoms with Crippen LogP contribution in [0.5, 0.6) is 0 Å². The van der Waals surface area contributed by atoms with Crippen LogP contribution in [0.1, 0.15) is 15.9 Å². The van der Waals surface area contributed by atoms with E-state index in [2.05, 4.69) is 5.32 Å². The van der Waals surface area contributed by atoms with Gasteiger partial charge >= 0.3 is 0 Å². The minimum atomic E-state index is -0.293. The van der Waals surface area contributed by atoms with Gasteiger partial charge in [0.1, 0.15) is 5.82 Å². The number of hydrogen-bond acceptors (Lipinski definition) is 3. The summed E-state index contributed by atoms with van der Waals surface area (Å²) in [4.78, 5) is 13.4. The van der Waals surface area contributed by atoms with E-state index in [1.807, 2.05) is 0 Å². The molecule has 0 radical (unpaired) electrons. The average Bonchev–Trinajstić information content (AvgIpc) is 2.44. The van der Waals surface area contributed by atoms with Gasteiger partial charge in [-0.25, -0.2) is 4.39 Å². The lowest BCUT2D eigenvalue weighted by Gasteiger charge is -2.14. The van der Waals surface area contributed by atoms with Crippen molar-refractivity contribution in [2.24, 2.45) is 0 Å². The number of hydrogen-bond donors (Lipinski definition) is 2. The van der Waals surface area contributed by atoms with Gasteiger partial charge in [-0.15, -0.1) is 0 Å². The molecule has 0 aliphatic carbocycles. The summed E-state index contributed by atoms with van der Waals surface area (Å²) in [5.74, 6) is -0.410. The van der Waals surface area contributed by atoms with Gasteiger partial charge in [0.2, 0.25) is 0 Å². The quantitative estimate of drug-likeness (QED) is 0.853. The van der Waals surface area contributed by atoms with Crippen LogP contribution in [0.4, 0.5) is 21.5 Å². The van der Waals surface area contributed by atoms with Crippen LogP contribution < -0.4 is 11.1 Å². The van der Waals surface area contributed by atoms with E-state index in [0.717, 1.165) is 0 Å². The number of carbonyl (C=O) groups excluding carboxylic acids is 1. The molecule has 0 aliphatic heterocycles. The Hall–Kier alpha value is -2.56. The van der Waals surface area contributed by atoms with Crippen LogP contribution in [-0.4, -0.2) is 24.9 Å². The number of rotatable bonds is 3. The second-order valence-corrected chi connectivity index (χ2v) is 5.09. The zero-order chi connectivity index (χ0) is 15.6. The van der Waals surface area contributed by atoms with Crippen molar-refractivity contribution in [3.05, 3.63) is 53.3 Å². The van der Waals surface area contributed by atoms with Crippen LogP contribution >= 0.6 is 0 Å². The van der Waals surface area contributed by atoms with Crippen LogP contribution in [-0.2, 0) is 0 Å². The molecule has 0 spiro atoms. The minimum absolute atomic E-state index is 0.117. The van der Waals surface area contributed by atoms with Crippen LogP contribution in [0.2, 0.25) is 0 Å². The van der Waals surface area contributed by atoms with E-state index >= 15 is 0 Å². The first-order chi connectivity index (χ1) is 9.88. The standard InChI is InChI=1S/C16H18FN3O/c1-10-4-6-12(9-13(10)17)19-15-8-11(5-7-14(15)18)16(21)20(2)3/h4-9,19H,18H2,1-3H3. The van der Waals surface area contributed by atoms with E-state index in [4.69, 9.17) is 5.73 Å². The molecular formula is C16H18FN3O. The summed E-state index contributed by atoms with van der Waals surface area (Å²) in [6.45, 7) is 1.70. The van der Waals surface area contributed by atoms with Crippen LogP contribution in [0.25, 0.3) is 0 Å². The lowest BCUT2D eigenvalue weighted by Crippen LogP contribution is -2.21. The van der Waals surface area contributed by atoms with Gasteiger partial charge in [-0.3, -0.25) is 4.79 Å². The van der Waals surface area contributed by atoms with E-state index < -0.39 is 0 Å². The Morgan fingerprint density at radius 2 is 1.90 bits per heavy atom. The first kappa shape index (κ1) is 14.8. The number of nitrogens with two attached hydrogens (primary N) is 1. The van der Waals surface area contributed by atoms with Crippen molar-refractivity contribution in [3.8, 4) is 0 Å². The number of halogens is 1. The highest BCUT2D eigenvalue weighted by Crippen LogP contribution is 2.25. The molecule has 0 aliphatic rings. The SMILES string of the molecule is Cc1ccc(Nc2cc(C(=O)N(C)C)ccc2N)cc1F. The fourth-order valence-corrected chi connectivity index (χ4v) is 1.88. The van der Waals surface area contributed by atoms with Crippen LogP contribution in [0.3, 0.4) is 0 Å². The molecule has 110 valence electrons. The lowest BCUT2D eigenvalue weighted by molar-refractivity contribution is 0.0827. The number of aryl methyl sites for hydroxylation is 1. The molecule has 0 fully saturated rings. The van der Waals surface area contributed by atoms with Gasteiger partial charge in [0.25, 0.3) is 5.91 Å². The maximum atomic E-state index is 13.6. The molecule has 0 bridgehead atoms. The van der Waals surface area contributed by atoms with Gasteiger partial charge in [0, 0.05) is 25.3 Å². The number of anilines is 3. The van der Waals surface area contributed by atoms with E-state index in [1.165, 1.54) is 11.0 Å². The zero-order valence-electron chi connectivity index (χ0n) is 12.3. The lowest BCUT2D eigenvalue weighted by atomic mass is 10.1. The zero-order valence-corrected chi connectivity index (χ0v) is 12.3. The van der Waals surface area contributed by atoms with Crippen molar-refractivity contribution >= 4 is 23.0 Å². The van der Waals surface area contributed by atoms with E-state index in [9.17, 15) is 9.18 Å². The topological polar surface area (TPSA) is 58.4 Å². The highest BCUT2D eigenvalue weighted by molar-refractivity contribution is 5.96. The second kappa shape index (κ2) is 5.83. The molecule has 4 nitrogen and oxygen atoms in total. The molecule has 0 heterocycles. The fraction of sp³-hybridized carbons (Fsp3) is 0.188. The summed E-state index contributed by atoms with van der Waals surface area (Å²) >= 11 is 0. The normalized spacial score (nSPS) is 10.3. The third-order valence-electron chi connectivity index (χ3n) is 3.16. The minimum Gasteiger partial charge on any atom is -0.397 e. The van der Waals surface area contributed by atoms with Gasteiger partial charge in [-0.2, -0.15) is 0 Å². The molecular weight excluding hydrogens is 269 g/mol. The summed E-state index contributed by atoms with van der Waals surface area (Å²) in [7, 11) is 3.36. The number of amides is 1. The summed E-state index contributed by atoms with van der Waals surface area (Å²) in [5.41, 5.74) is 8.64. The van der Waals surface area contributed by atoms with Gasteiger partial charge < -0.3 is 16.0 Å². The highest BCUT2D eigenvalue weighted by atomic mass is 19.1. The molecule has 2 rings (SSSR count). The van der Waals surface area contributed by atoms with E-state index in [-0.39, 0.29) is 11.7 Å². The molecule has 2 aromatic rings. The third kappa shape index (κ3) is 3.31. The molecule has 0 saturated carbocycles. The molecule has 1 amide bonds.